The van der Waals surface area contributed by atoms with Crippen molar-refractivity contribution < 1.29 is 9.53 Å². The van der Waals surface area contributed by atoms with Crippen molar-refractivity contribution in [3.8, 4) is 0 Å². The molecule has 3 rings (SSSR count). The molecule has 2 heterocycles. The van der Waals surface area contributed by atoms with Gasteiger partial charge in [-0.25, -0.2) is 4.79 Å². The third-order valence-electron chi connectivity index (χ3n) is 5.20. The van der Waals surface area contributed by atoms with Crippen molar-refractivity contribution in [1.29, 1.82) is 0 Å². The molecule has 2 aliphatic rings. The minimum Gasteiger partial charge on any atom is -0.445 e. The molecule has 2 aliphatic heterocycles. The van der Waals surface area contributed by atoms with Crippen molar-refractivity contribution in [2.24, 2.45) is 23.3 Å². The highest BCUT2D eigenvalue weighted by atomic mass is 16.6. The summed E-state index contributed by atoms with van der Waals surface area (Å²) < 4.78 is 5.29. The number of benzene rings is 1. The van der Waals surface area contributed by atoms with Crippen LogP contribution in [-0.2, 0) is 11.3 Å². The number of ether oxygens (including phenoxy) is 1. The molecule has 0 spiro atoms. The molecular weight excluding hydrogens is 328 g/mol. The highest BCUT2D eigenvalue weighted by Gasteiger charge is 2.22. The molecule has 1 aromatic rings. The molecule has 1 amide bonds. The maximum atomic E-state index is 11.8. The molecular formula is C20H34N4O2. The van der Waals surface area contributed by atoms with Gasteiger partial charge in [-0.2, -0.15) is 0 Å². The van der Waals surface area contributed by atoms with E-state index >= 15 is 0 Å². The molecule has 2 saturated heterocycles. The van der Waals surface area contributed by atoms with Gasteiger partial charge < -0.3 is 26.4 Å². The average Bonchev–Trinajstić information content (AvgIpc) is 2.74. The molecule has 6 nitrogen and oxygen atoms in total. The number of piperidine rings is 2. The molecule has 0 unspecified atom stereocenters. The summed E-state index contributed by atoms with van der Waals surface area (Å²) in [5.74, 6) is 1.36. The van der Waals surface area contributed by atoms with Gasteiger partial charge in [0.05, 0.1) is 0 Å². The zero-order valence-corrected chi connectivity index (χ0v) is 15.7. The lowest BCUT2D eigenvalue weighted by Crippen LogP contribution is -2.40. The summed E-state index contributed by atoms with van der Waals surface area (Å²) in [4.78, 5) is 13.6. The molecule has 0 radical (unpaired) electrons. The molecule has 0 saturated carbocycles. The number of amides is 1. The fourth-order valence-corrected chi connectivity index (χ4v) is 3.28. The Labute approximate surface area is 157 Å². The maximum absolute atomic E-state index is 11.8. The van der Waals surface area contributed by atoms with Crippen LogP contribution in [0.1, 0.15) is 31.2 Å². The standard InChI is InChI=1S/C14H20N2O2.C6H14N2/c15-10-12-6-8-16(9-7-12)14(17)18-11-13-4-2-1-3-5-13;7-5-6-1-3-8-4-2-6/h1-5,12H,6-11,15H2;6,8H,1-5,7H2. The van der Waals surface area contributed by atoms with Crippen molar-refractivity contribution >= 4 is 6.09 Å². The number of likely N-dealkylation sites (tertiary alicyclic amines) is 1. The van der Waals surface area contributed by atoms with Crippen LogP contribution < -0.4 is 16.8 Å². The van der Waals surface area contributed by atoms with E-state index in [2.05, 4.69) is 5.32 Å². The number of hydrogen-bond donors (Lipinski definition) is 3. The SMILES string of the molecule is NCC1CCN(C(=O)OCc2ccccc2)CC1.NCC1CCNCC1. The van der Waals surface area contributed by atoms with Gasteiger partial charge in [-0.05, 0) is 69.3 Å². The van der Waals surface area contributed by atoms with Crippen LogP contribution in [-0.4, -0.2) is 50.3 Å². The van der Waals surface area contributed by atoms with Crippen molar-refractivity contribution in [3.63, 3.8) is 0 Å². The minimum absolute atomic E-state index is 0.214. The molecule has 5 N–H and O–H groups in total. The van der Waals surface area contributed by atoms with Crippen LogP contribution in [0.2, 0.25) is 0 Å². The second kappa shape index (κ2) is 11.9. The summed E-state index contributed by atoms with van der Waals surface area (Å²) in [6.07, 6.45) is 4.30. The van der Waals surface area contributed by atoms with E-state index in [-0.39, 0.29) is 6.09 Å². The first kappa shape index (κ1) is 20.7. The summed E-state index contributed by atoms with van der Waals surface area (Å²) in [7, 11) is 0. The van der Waals surface area contributed by atoms with Gasteiger partial charge >= 0.3 is 6.09 Å². The van der Waals surface area contributed by atoms with Crippen LogP contribution >= 0.6 is 0 Å². The molecule has 146 valence electrons. The van der Waals surface area contributed by atoms with E-state index < -0.39 is 0 Å². The number of carbonyl (C=O) groups is 1. The molecule has 0 aromatic heterocycles. The molecule has 0 bridgehead atoms. The Morgan fingerprint density at radius 2 is 1.58 bits per heavy atom. The van der Waals surface area contributed by atoms with E-state index in [9.17, 15) is 4.79 Å². The van der Waals surface area contributed by atoms with Gasteiger partial charge in [0.1, 0.15) is 6.61 Å². The third-order valence-corrected chi connectivity index (χ3v) is 5.20. The van der Waals surface area contributed by atoms with Gasteiger partial charge in [-0.3, -0.25) is 0 Å². The molecule has 0 atom stereocenters. The zero-order valence-electron chi connectivity index (χ0n) is 15.7. The number of nitrogens with two attached hydrogens (primary N) is 2. The predicted molar refractivity (Wildman–Crippen MR) is 105 cm³/mol. The molecule has 0 aliphatic carbocycles. The van der Waals surface area contributed by atoms with Crippen LogP contribution in [0.3, 0.4) is 0 Å². The van der Waals surface area contributed by atoms with Crippen LogP contribution in [0.5, 0.6) is 0 Å². The van der Waals surface area contributed by atoms with E-state index in [1.807, 2.05) is 30.3 Å². The first-order valence-electron chi connectivity index (χ1n) is 9.79. The average molecular weight is 363 g/mol. The van der Waals surface area contributed by atoms with Crippen LogP contribution in [0.15, 0.2) is 30.3 Å². The topological polar surface area (TPSA) is 93.6 Å². The third kappa shape index (κ3) is 7.32. The first-order chi connectivity index (χ1) is 12.7. The van der Waals surface area contributed by atoms with Gasteiger partial charge in [0.15, 0.2) is 0 Å². The van der Waals surface area contributed by atoms with Crippen LogP contribution in [0.4, 0.5) is 4.79 Å². The number of rotatable bonds is 4. The summed E-state index contributed by atoms with van der Waals surface area (Å²) in [6, 6.07) is 9.73. The van der Waals surface area contributed by atoms with Crippen molar-refractivity contribution in [1.82, 2.24) is 10.2 Å². The molecule has 6 heteroatoms. The van der Waals surface area contributed by atoms with E-state index in [0.29, 0.717) is 19.1 Å². The Balaban J connectivity index is 0.000000254. The predicted octanol–water partition coefficient (Wildman–Crippen LogP) is 1.94. The van der Waals surface area contributed by atoms with Gasteiger partial charge in [-0.1, -0.05) is 30.3 Å². The number of carbonyl (C=O) groups excluding carboxylic acids is 1. The number of nitrogens with zero attached hydrogens (tertiary/aromatic N) is 1. The summed E-state index contributed by atoms with van der Waals surface area (Å²) >= 11 is 0. The lowest BCUT2D eigenvalue weighted by Gasteiger charge is -2.30. The number of hydrogen-bond acceptors (Lipinski definition) is 5. The van der Waals surface area contributed by atoms with E-state index in [4.69, 9.17) is 16.2 Å². The lowest BCUT2D eigenvalue weighted by atomic mass is 9.97. The number of nitrogens with one attached hydrogen (secondary N) is 1. The lowest BCUT2D eigenvalue weighted by molar-refractivity contribution is 0.0829. The normalized spacial score (nSPS) is 18.8. The largest absolute Gasteiger partial charge is 0.445 e. The van der Waals surface area contributed by atoms with Crippen molar-refractivity contribution in [2.45, 2.75) is 32.3 Å². The second-order valence-corrected chi connectivity index (χ2v) is 7.14. The quantitative estimate of drug-likeness (QED) is 0.761. The van der Waals surface area contributed by atoms with E-state index in [0.717, 1.165) is 44.0 Å². The highest BCUT2D eigenvalue weighted by Crippen LogP contribution is 2.16. The van der Waals surface area contributed by atoms with Gasteiger partial charge in [-0.15, -0.1) is 0 Å². The smallest absolute Gasteiger partial charge is 0.410 e. The Bertz CT molecular complexity index is 498. The summed E-state index contributed by atoms with van der Waals surface area (Å²) in [5, 5.41) is 3.29. The van der Waals surface area contributed by atoms with Crippen LogP contribution in [0, 0.1) is 11.8 Å². The maximum Gasteiger partial charge on any atom is 0.410 e. The zero-order chi connectivity index (χ0) is 18.6. The highest BCUT2D eigenvalue weighted by molar-refractivity contribution is 5.67. The van der Waals surface area contributed by atoms with Crippen molar-refractivity contribution in [3.05, 3.63) is 35.9 Å². The summed E-state index contributed by atoms with van der Waals surface area (Å²) in [6.45, 7) is 5.79. The Kier molecular flexibility index (Phi) is 9.45. The second-order valence-electron chi connectivity index (χ2n) is 7.14. The van der Waals surface area contributed by atoms with Crippen LogP contribution in [0.25, 0.3) is 0 Å². The minimum atomic E-state index is -0.214. The van der Waals surface area contributed by atoms with E-state index in [1.54, 1.807) is 4.90 Å². The van der Waals surface area contributed by atoms with Gasteiger partial charge in [0.2, 0.25) is 0 Å². The Morgan fingerprint density at radius 1 is 1.00 bits per heavy atom. The van der Waals surface area contributed by atoms with Crippen molar-refractivity contribution in [2.75, 3.05) is 39.3 Å². The van der Waals surface area contributed by atoms with Gasteiger partial charge in [0.25, 0.3) is 0 Å². The monoisotopic (exact) mass is 362 g/mol. The first-order valence-corrected chi connectivity index (χ1v) is 9.79. The Hall–Kier alpha value is -1.63. The van der Waals surface area contributed by atoms with Gasteiger partial charge in [0, 0.05) is 13.1 Å². The summed E-state index contributed by atoms with van der Waals surface area (Å²) in [5.41, 5.74) is 12.1. The van der Waals surface area contributed by atoms with E-state index in [1.165, 1.54) is 25.9 Å². The molecule has 26 heavy (non-hydrogen) atoms. The fourth-order valence-electron chi connectivity index (χ4n) is 3.28. The molecule has 2 fully saturated rings. The Morgan fingerprint density at radius 3 is 2.12 bits per heavy atom. The molecule has 1 aromatic carbocycles. The fraction of sp³-hybridized carbons (Fsp3) is 0.650.